The Labute approximate surface area is 120 Å². The molecular weight excluding hydrogens is 312 g/mol. The van der Waals surface area contributed by atoms with E-state index < -0.39 is 0 Å². The predicted octanol–water partition coefficient (Wildman–Crippen LogP) is 0.172. The topological polar surface area (TPSA) is 84.4 Å². The van der Waals surface area contributed by atoms with Gasteiger partial charge >= 0.3 is 0 Å². The van der Waals surface area contributed by atoms with Crippen molar-refractivity contribution in [1.29, 1.82) is 0 Å². The molecule has 19 heavy (non-hydrogen) atoms. The minimum absolute atomic E-state index is 0.106. The number of aromatic nitrogens is 2. The summed E-state index contributed by atoms with van der Waals surface area (Å²) in [4.78, 5) is 14.1. The fourth-order valence-corrected chi connectivity index (χ4v) is 2.81. The SMILES string of the molecule is CC1CCN(c2cnn(CCO)c(=O)c2Br)CC1N. The molecule has 0 radical (unpaired) electrons. The number of aliphatic hydroxyl groups is 1. The van der Waals surface area contributed by atoms with E-state index in [0.29, 0.717) is 10.4 Å². The van der Waals surface area contributed by atoms with Crippen LogP contribution in [0.3, 0.4) is 0 Å². The quantitative estimate of drug-likeness (QED) is 0.825. The lowest BCUT2D eigenvalue weighted by molar-refractivity contribution is 0.266. The van der Waals surface area contributed by atoms with Crippen LogP contribution in [0.5, 0.6) is 0 Å². The van der Waals surface area contributed by atoms with E-state index in [2.05, 4.69) is 32.9 Å². The molecule has 1 aliphatic heterocycles. The minimum atomic E-state index is -0.223. The van der Waals surface area contributed by atoms with Crippen molar-refractivity contribution < 1.29 is 5.11 Å². The van der Waals surface area contributed by atoms with E-state index in [-0.39, 0.29) is 24.8 Å². The van der Waals surface area contributed by atoms with Gasteiger partial charge in [0.25, 0.3) is 5.56 Å². The summed E-state index contributed by atoms with van der Waals surface area (Å²) in [5.41, 5.74) is 6.63. The van der Waals surface area contributed by atoms with E-state index in [4.69, 9.17) is 10.8 Å². The first kappa shape index (κ1) is 14.5. The van der Waals surface area contributed by atoms with Gasteiger partial charge in [-0.3, -0.25) is 4.79 Å². The number of hydrogen-bond acceptors (Lipinski definition) is 5. The van der Waals surface area contributed by atoms with E-state index in [0.717, 1.165) is 25.2 Å². The Balaban J connectivity index is 2.26. The Morgan fingerprint density at radius 1 is 1.63 bits per heavy atom. The maximum Gasteiger partial charge on any atom is 0.283 e. The molecule has 2 heterocycles. The predicted molar refractivity (Wildman–Crippen MR) is 77.3 cm³/mol. The number of halogens is 1. The van der Waals surface area contributed by atoms with E-state index in [9.17, 15) is 4.79 Å². The van der Waals surface area contributed by atoms with Crippen molar-refractivity contribution in [3.63, 3.8) is 0 Å². The van der Waals surface area contributed by atoms with Gasteiger partial charge in [-0.15, -0.1) is 0 Å². The van der Waals surface area contributed by atoms with Crippen LogP contribution in [0.15, 0.2) is 15.5 Å². The molecule has 0 aromatic carbocycles. The molecular formula is C12H19BrN4O2. The highest BCUT2D eigenvalue weighted by atomic mass is 79.9. The highest BCUT2D eigenvalue weighted by molar-refractivity contribution is 9.10. The monoisotopic (exact) mass is 330 g/mol. The largest absolute Gasteiger partial charge is 0.394 e. The normalized spacial score (nSPS) is 23.7. The molecule has 1 fully saturated rings. The van der Waals surface area contributed by atoms with Crippen molar-refractivity contribution in [3.05, 3.63) is 21.0 Å². The summed E-state index contributed by atoms with van der Waals surface area (Å²) < 4.78 is 1.73. The molecule has 2 atom stereocenters. The maximum absolute atomic E-state index is 12.1. The summed E-state index contributed by atoms with van der Waals surface area (Å²) in [7, 11) is 0. The van der Waals surface area contributed by atoms with Crippen molar-refractivity contribution in [2.45, 2.75) is 25.9 Å². The molecule has 1 aliphatic rings. The molecule has 2 unspecified atom stereocenters. The van der Waals surface area contributed by atoms with Crippen LogP contribution in [-0.2, 0) is 6.54 Å². The summed E-state index contributed by atoms with van der Waals surface area (Å²) in [6.45, 7) is 3.84. The molecule has 1 aromatic rings. The van der Waals surface area contributed by atoms with Crippen molar-refractivity contribution >= 4 is 21.6 Å². The van der Waals surface area contributed by atoms with Crippen LogP contribution < -0.4 is 16.2 Å². The summed E-state index contributed by atoms with van der Waals surface area (Å²) in [6, 6.07) is 0.112. The average Bonchev–Trinajstić information content (AvgIpc) is 2.39. The van der Waals surface area contributed by atoms with Gasteiger partial charge in [-0.2, -0.15) is 5.10 Å². The van der Waals surface area contributed by atoms with Gasteiger partial charge in [-0.05, 0) is 28.3 Å². The Morgan fingerprint density at radius 2 is 2.37 bits per heavy atom. The lowest BCUT2D eigenvalue weighted by atomic mass is 9.94. The van der Waals surface area contributed by atoms with Crippen LogP contribution in [-0.4, -0.2) is 40.6 Å². The van der Waals surface area contributed by atoms with Crippen LogP contribution in [0.25, 0.3) is 0 Å². The van der Waals surface area contributed by atoms with E-state index >= 15 is 0 Å². The van der Waals surface area contributed by atoms with Crippen molar-refractivity contribution in [2.24, 2.45) is 11.7 Å². The number of nitrogens with two attached hydrogens (primary N) is 1. The molecule has 2 rings (SSSR count). The lowest BCUT2D eigenvalue weighted by Gasteiger charge is -2.36. The number of anilines is 1. The molecule has 0 bridgehead atoms. The van der Waals surface area contributed by atoms with Crippen LogP contribution in [0.1, 0.15) is 13.3 Å². The van der Waals surface area contributed by atoms with Gasteiger partial charge < -0.3 is 15.7 Å². The van der Waals surface area contributed by atoms with Crippen LogP contribution in [0.2, 0.25) is 0 Å². The van der Waals surface area contributed by atoms with Crippen LogP contribution >= 0.6 is 15.9 Å². The zero-order valence-corrected chi connectivity index (χ0v) is 12.5. The molecule has 0 aliphatic carbocycles. The molecule has 6 nitrogen and oxygen atoms in total. The molecule has 1 aromatic heterocycles. The molecule has 0 spiro atoms. The standard InChI is InChI=1S/C12H19BrN4O2/c1-8-2-3-16(7-9(8)14)10-6-15-17(4-5-18)12(19)11(10)13/h6,8-9,18H,2-5,7,14H2,1H3. The Hall–Kier alpha value is -0.920. The number of rotatable bonds is 3. The van der Waals surface area contributed by atoms with Gasteiger partial charge in [-0.25, -0.2) is 4.68 Å². The molecule has 0 saturated carbocycles. The first-order valence-electron chi connectivity index (χ1n) is 6.41. The fourth-order valence-electron chi connectivity index (χ4n) is 2.25. The maximum atomic E-state index is 12.1. The van der Waals surface area contributed by atoms with Gasteiger partial charge in [0.15, 0.2) is 0 Å². The Kier molecular flexibility index (Phi) is 4.59. The fraction of sp³-hybridized carbons (Fsp3) is 0.667. The second-order valence-corrected chi connectivity index (χ2v) is 5.76. The van der Waals surface area contributed by atoms with Gasteiger partial charge in [0.05, 0.1) is 25.0 Å². The van der Waals surface area contributed by atoms with Crippen molar-refractivity contribution in [3.8, 4) is 0 Å². The van der Waals surface area contributed by atoms with E-state index in [1.54, 1.807) is 6.20 Å². The molecule has 0 amide bonds. The number of hydrogen-bond donors (Lipinski definition) is 2. The molecule has 106 valence electrons. The molecule has 3 N–H and O–H groups in total. The van der Waals surface area contributed by atoms with E-state index in [1.165, 1.54) is 4.68 Å². The lowest BCUT2D eigenvalue weighted by Crippen LogP contribution is -2.48. The molecule has 7 heteroatoms. The van der Waals surface area contributed by atoms with Crippen molar-refractivity contribution in [1.82, 2.24) is 9.78 Å². The third-order valence-electron chi connectivity index (χ3n) is 3.64. The smallest absolute Gasteiger partial charge is 0.283 e. The van der Waals surface area contributed by atoms with Gasteiger partial charge in [0, 0.05) is 19.1 Å². The number of piperidine rings is 1. The Morgan fingerprint density at radius 3 is 3.00 bits per heavy atom. The minimum Gasteiger partial charge on any atom is -0.394 e. The average molecular weight is 331 g/mol. The second kappa shape index (κ2) is 6.02. The van der Waals surface area contributed by atoms with Crippen molar-refractivity contribution in [2.75, 3.05) is 24.6 Å². The Bertz CT molecular complexity index is 505. The highest BCUT2D eigenvalue weighted by Crippen LogP contribution is 2.26. The summed E-state index contributed by atoms with van der Waals surface area (Å²) in [5, 5.41) is 13.0. The van der Waals surface area contributed by atoms with Gasteiger partial charge in [0.2, 0.25) is 0 Å². The highest BCUT2D eigenvalue weighted by Gasteiger charge is 2.25. The summed E-state index contributed by atoms with van der Waals surface area (Å²) >= 11 is 3.33. The van der Waals surface area contributed by atoms with Gasteiger partial charge in [0.1, 0.15) is 4.47 Å². The summed E-state index contributed by atoms with van der Waals surface area (Å²) in [5.74, 6) is 0.498. The summed E-state index contributed by atoms with van der Waals surface area (Å²) in [6.07, 6.45) is 2.66. The first-order chi connectivity index (χ1) is 9.04. The second-order valence-electron chi connectivity index (χ2n) is 4.97. The van der Waals surface area contributed by atoms with E-state index in [1.807, 2.05) is 0 Å². The third-order valence-corrected chi connectivity index (χ3v) is 4.38. The zero-order valence-electron chi connectivity index (χ0n) is 10.9. The third kappa shape index (κ3) is 2.98. The first-order valence-corrected chi connectivity index (χ1v) is 7.21. The van der Waals surface area contributed by atoms with Gasteiger partial charge in [-0.1, -0.05) is 6.92 Å². The molecule has 1 saturated heterocycles. The number of aliphatic hydroxyl groups excluding tert-OH is 1. The van der Waals surface area contributed by atoms with Crippen LogP contribution in [0.4, 0.5) is 5.69 Å². The zero-order chi connectivity index (χ0) is 14.0. The number of nitrogens with zero attached hydrogens (tertiary/aromatic N) is 3. The van der Waals surface area contributed by atoms with Crippen LogP contribution in [0, 0.1) is 5.92 Å².